The minimum absolute atomic E-state index is 0.341. The van der Waals surface area contributed by atoms with Gasteiger partial charge in [-0.2, -0.15) is 0 Å². The Labute approximate surface area is 107 Å². The summed E-state index contributed by atoms with van der Waals surface area (Å²) in [4.78, 5) is 4.62. The standard InChI is InChI=1S/C16H15NO/c1-11-16(2,3)17-15(18-11)14-10-6-8-12-7-4-5-9-13(12)14/h4-10H,1H2,2-3H3. The Morgan fingerprint density at radius 2 is 1.78 bits per heavy atom. The van der Waals surface area contributed by atoms with Crippen LogP contribution in [0.1, 0.15) is 19.4 Å². The van der Waals surface area contributed by atoms with Crippen LogP contribution >= 0.6 is 0 Å². The Balaban J connectivity index is 2.20. The van der Waals surface area contributed by atoms with E-state index in [1.807, 2.05) is 38.1 Å². The highest BCUT2D eigenvalue weighted by atomic mass is 16.5. The van der Waals surface area contributed by atoms with Gasteiger partial charge >= 0.3 is 0 Å². The fourth-order valence-corrected chi connectivity index (χ4v) is 2.11. The summed E-state index contributed by atoms with van der Waals surface area (Å²) in [5.74, 6) is 1.37. The monoisotopic (exact) mass is 237 g/mol. The molecule has 2 aromatic rings. The molecule has 1 heterocycles. The summed E-state index contributed by atoms with van der Waals surface area (Å²) in [7, 11) is 0. The number of nitrogens with zero attached hydrogens (tertiary/aromatic N) is 1. The van der Waals surface area contributed by atoms with Crippen LogP contribution in [-0.2, 0) is 4.74 Å². The summed E-state index contributed by atoms with van der Waals surface area (Å²) in [6, 6.07) is 14.4. The molecule has 3 rings (SSSR count). The van der Waals surface area contributed by atoms with Crippen molar-refractivity contribution in [2.45, 2.75) is 19.4 Å². The van der Waals surface area contributed by atoms with E-state index in [1.54, 1.807) is 0 Å². The molecule has 0 bridgehead atoms. The van der Waals surface area contributed by atoms with Gasteiger partial charge in [0, 0.05) is 5.56 Å². The van der Waals surface area contributed by atoms with Gasteiger partial charge in [0.1, 0.15) is 11.3 Å². The van der Waals surface area contributed by atoms with E-state index in [9.17, 15) is 0 Å². The highest BCUT2D eigenvalue weighted by molar-refractivity contribution is 6.08. The van der Waals surface area contributed by atoms with Crippen LogP contribution in [0.3, 0.4) is 0 Å². The Morgan fingerprint density at radius 3 is 2.50 bits per heavy atom. The van der Waals surface area contributed by atoms with Gasteiger partial charge < -0.3 is 4.74 Å². The lowest BCUT2D eigenvalue weighted by Crippen LogP contribution is -2.14. The van der Waals surface area contributed by atoms with E-state index < -0.39 is 0 Å². The van der Waals surface area contributed by atoms with Crippen molar-refractivity contribution in [2.24, 2.45) is 4.99 Å². The molecule has 0 unspecified atom stereocenters. The third kappa shape index (κ3) is 1.61. The predicted molar refractivity (Wildman–Crippen MR) is 74.8 cm³/mol. The second-order valence-electron chi connectivity index (χ2n) is 5.03. The lowest BCUT2D eigenvalue weighted by atomic mass is 10.0. The van der Waals surface area contributed by atoms with Gasteiger partial charge in [0.15, 0.2) is 0 Å². The summed E-state index contributed by atoms with van der Waals surface area (Å²) in [5.41, 5.74) is 0.687. The van der Waals surface area contributed by atoms with Crippen molar-refractivity contribution >= 4 is 16.7 Å². The number of benzene rings is 2. The summed E-state index contributed by atoms with van der Waals surface area (Å²) >= 11 is 0. The lowest BCUT2D eigenvalue weighted by Gasteiger charge is -2.11. The number of hydrogen-bond acceptors (Lipinski definition) is 2. The first-order valence-electron chi connectivity index (χ1n) is 6.03. The summed E-state index contributed by atoms with van der Waals surface area (Å²) in [6.45, 7) is 7.94. The van der Waals surface area contributed by atoms with E-state index in [0.29, 0.717) is 11.7 Å². The van der Waals surface area contributed by atoms with Crippen molar-refractivity contribution in [3.05, 3.63) is 60.4 Å². The molecule has 1 aliphatic heterocycles. The fourth-order valence-electron chi connectivity index (χ4n) is 2.11. The Morgan fingerprint density at radius 1 is 1.06 bits per heavy atom. The van der Waals surface area contributed by atoms with Crippen LogP contribution in [0.4, 0.5) is 0 Å². The van der Waals surface area contributed by atoms with Crippen LogP contribution in [0.5, 0.6) is 0 Å². The largest absolute Gasteiger partial charge is 0.441 e. The maximum absolute atomic E-state index is 5.73. The molecule has 1 aliphatic rings. The van der Waals surface area contributed by atoms with Crippen molar-refractivity contribution in [2.75, 3.05) is 0 Å². The van der Waals surface area contributed by atoms with E-state index >= 15 is 0 Å². The van der Waals surface area contributed by atoms with Gasteiger partial charge in [-0.05, 0) is 30.7 Å². The van der Waals surface area contributed by atoms with Crippen molar-refractivity contribution in [1.29, 1.82) is 0 Å². The lowest BCUT2D eigenvalue weighted by molar-refractivity contribution is 0.385. The number of rotatable bonds is 1. The molecule has 0 spiro atoms. The zero-order valence-corrected chi connectivity index (χ0v) is 10.6. The molecule has 2 nitrogen and oxygen atoms in total. The van der Waals surface area contributed by atoms with Crippen molar-refractivity contribution < 1.29 is 4.74 Å². The zero-order chi connectivity index (χ0) is 12.8. The van der Waals surface area contributed by atoms with Crippen LogP contribution in [0.25, 0.3) is 10.8 Å². The molecule has 0 aliphatic carbocycles. The van der Waals surface area contributed by atoms with E-state index in [-0.39, 0.29) is 5.54 Å². The smallest absolute Gasteiger partial charge is 0.223 e. The molecule has 2 heteroatoms. The van der Waals surface area contributed by atoms with Crippen molar-refractivity contribution in [1.82, 2.24) is 0 Å². The normalized spacial score (nSPS) is 17.7. The molecular weight excluding hydrogens is 222 g/mol. The second kappa shape index (κ2) is 3.70. The first-order valence-corrected chi connectivity index (χ1v) is 6.03. The van der Waals surface area contributed by atoms with Gasteiger partial charge in [-0.3, -0.25) is 0 Å². The van der Waals surface area contributed by atoms with Gasteiger partial charge in [0.25, 0.3) is 0 Å². The molecule has 2 aromatic carbocycles. The molecule has 0 atom stereocenters. The molecule has 0 saturated heterocycles. The molecule has 0 radical (unpaired) electrons. The maximum atomic E-state index is 5.73. The van der Waals surface area contributed by atoms with Gasteiger partial charge in [-0.15, -0.1) is 0 Å². The number of ether oxygens (including phenoxy) is 1. The fraction of sp³-hybridized carbons (Fsp3) is 0.188. The Hall–Kier alpha value is -2.09. The average molecular weight is 237 g/mol. The highest BCUT2D eigenvalue weighted by Gasteiger charge is 2.32. The van der Waals surface area contributed by atoms with E-state index in [2.05, 4.69) is 29.8 Å². The Kier molecular flexibility index (Phi) is 2.27. The SMILES string of the molecule is C=C1OC(c2cccc3ccccc23)=NC1(C)C. The summed E-state index contributed by atoms with van der Waals surface area (Å²) in [5, 5.41) is 2.35. The van der Waals surface area contributed by atoms with Crippen LogP contribution < -0.4 is 0 Å². The van der Waals surface area contributed by atoms with Crippen LogP contribution in [0, 0.1) is 0 Å². The predicted octanol–water partition coefficient (Wildman–Crippen LogP) is 3.91. The van der Waals surface area contributed by atoms with Gasteiger partial charge in [-0.1, -0.05) is 43.0 Å². The molecule has 18 heavy (non-hydrogen) atoms. The molecule has 90 valence electrons. The molecular formula is C16H15NO. The Bertz CT molecular complexity index is 662. The maximum Gasteiger partial charge on any atom is 0.223 e. The topological polar surface area (TPSA) is 21.6 Å². The minimum Gasteiger partial charge on any atom is -0.441 e. The van der Waals surface area contributed by atoms with E-state index in [0.717, 1.165) is 10.9 Å². The van der Waals surface area contributed by atoms with Crippen LogP contribution in [0.15, 0.2) is 59.8 Å². The summed E-state index contributed by atoms with van der Waals surface area (Å²) in [6.07, 6.45) is 0. The number of aliphatic imine (C=N–C) groups is 1. The molecule has 0 saturated carbocycles. The third-order valence-corrected chi connectivity index (χ3v) is 3.30. The average Bonchev–Trinajstić information content (AvgIpc) is 2.63. The van der Waals surface area contributed by atoms with E-state index in [1.165, 1.54) is 5.39 Å². The molecule has 0 N–H and O–H groups in total. The molecule has 0 fully saturated rings. The minimum atomic E-state index is -0.341. The van der Waals surface area contributed by atoms with Gasteiger partial charge in [0.2, 0.25) is 5.90 Å². The van der Waals surface area contributed by atoms with Gasteiger partial charge in [0.05, 0.1) is 0 Å². The summed E-state index contributed by atoms with van der Waals surface area (Å²) < 4.78 is 5.73. The zero-order valence-electron chi connectivity index (χ0n) is 10.6. The van der Waals surface area contributed by atoms with Crippen molar-refractivity contribution in [3.8, 4) is 0 Å². The molecule has 0 amide bonds. The van der Waals surface area contributed by atoms with Crippen molar-refractivity contribution in [3.63, 3.8) is 0 Å². The second-order valence-corrected chi connectivity index (χ2v) is 5.03. The van der Waals surface area contributed by atoms with Crippen LogP contribution in [-0.4, -0.2) is 11.4 Å². The first-order chi connectivity index (χ1) is 8.58. The van der Waals surface area contributed by atoms with Gasteiger partial charge in [-0.25, -0.2) is 4.99 Å². The first kappa shape index (κ1) is 11.0. The van der Waals surface area contributed by atoms with Crippen LogP contribution in [0.2, 0.25) is 0 Å². The van der Waals surface area contributed by atoms with E-state index in [4.69, 9.17) is 4.74 Å². The molecule has 0 aromatic heterocycles. The number of fused-ring (bicyclic) bond motifs is 1. The number of hydrogen-bond donors (Lipinski definition) is 0. The highest BCUT2D eigenvalue weighted by Crippen LogP contribution is 2.31. The quantitative estimate of drug-likeness (QED) is 0.737. The third-order valence-electron chi connectivity index (χ3n) is 3.30.